The molecule has 2 rings (SSSR count). The number of nitrogens with one attached hydrogen (secondary N) is 1. The Morgan fingerprint density at radius 2 is 1.58 bits per heavy atom. The van der Waals surface area contributed by atoms with E-state index in [1.165, 1.54) is 6.07 Å². The van der Waals surface area contributed by atoms with Crippen LogP contribution in [0.5, 0.6) is 0 Å². The number of nitrogens with zero attached hydrogens (tertiary/aromatic N) is 1. The molecule has 0 bridgehead atoms. The van der Waals surface area contributed by atoms with Gasteiger partial charge in [0.1, 0.15) is 5.69 Å². The third kappa shape index (κ3) is 8.34. The normalized spacial score (nSPS) is 13.0. The van der Waals surface area contributed by atoms with Gasteiger partial charge >= 0.3 is 12.4 Å². The molecule has 0 saturated carbocycles. The first-order chi connectivity index (χ1) is 14.0. The largest absolute Gasteiger partial charge is 0.433 e. The van der Waals surface area contributed by atoms with E-state index in [0.717, 1.165) is 56.0 Å². The van der Waals surface area contributed by atoms with Gasteiger partial charge in [0.15, 0.2) is 0 Å². The molecule has 2 N–H and O–H groups in total. The number of hydrogen-bond acceptors (Lipinski definition) is 3. The predicted molar refractivity (Wildman–Crippen MR) is 112 cm³/mol. The molecule has 10 heteroatoms. The zero-order valence-corrected chi connectivity index (χ0v) is 17.9. The summed E-state index contributed by atoms with van der Waals surface area (Å²) in [5.74, 6) is 0. The maximum Gasteiger partial charge on any atom is 0.433 e. The summed E-state index contributed by atoms with van der Waals surface area (Å²) < 4.78 is 78.0. The van der Waals surface area contributed by atoms with Crippen LogP contribution in [-0.2, 0) is 12.4 Å². The van der Waals surface area contributed by atoms with Gasteiger partial charge in [0, 0.05) is 12.1 Å². The molecule has 0 saturated heterocycles. The number of hydrogen-bond donors (Lipinski definition) is 2. The zero-order valence-electron chi connectivity index (χ0n) is 16.9. The van der Waals surface area contributed by atoms with Crippen molar-refractivity contribution in [1.82, 2.24) is 10.3 Å². The van der Waals surface area contributed by atoms with Gasteiger partial charge in [-0.05, 0) is 42.8 Å². The van der Waals surface area contributed by atoms with Crippen molar-refractivity contribution in [3.63, 3.8) is 0 Å². The number of rotatable bonds is 9. The Morgan fingerprint density at radius 3 is 2.13 bits per heavy atom. The first kappa shape index (κ1) is 27.3. The summed E-state index contributed by atoms with van der Waals surface area (Å²) in [4.78, 5) is 3.54. The Kier molecular flexibility index (Phi) is 10.3. The Hall–Kier alpha value is -1.78. The summed E-state index contributed by atoms with van der Waals surface area (Å²) in [5.41, 5.74) is -2.19. The van der Waals surface area contributed by atoms with E-state index in [4.69, 9.17) is 0 Å². The Bertz CT molecular complexity index is 809. The lowest BCUT2D eigenvalue weighted by molar-refractivity contribution is -0.141. The van der Waals surface area contributed by atoms with Crippen LogP contribution in [0.2, 0.25) is 0 Å². The quantitative estimate of drug-likeness (QED) is 0.345. The second kappa shape index (κ2) is 11.7. The van der Waals surface area contributed by atoms with Crippen LogP contribution in [-0.4, -0.2) is 23.2 Å². The molecule has 31 heavy (non-hydrogen) atoms. The van der Waals surface area contributed by atoms with Crippen molar-refractivity contribution < 1.29 is 31.4 Å². The first-order valence-corrected chi connectivity index (χ1v) is 9.68. The van der Waals surface area contributed by atoms with Crippen LogP contribution in [0.25, 0.3) is 11.3 Å². The lowest BCUT2D eigenvalue weighted by atomic mass is 10.0. The van der Waals surface area contributed by atoms with Gasteiger partial charge < -0.3 is 10.4 Å². The zero-order chi connectivity index (χ0) is 22.4. The summed E-state index contributed by atoms with van der Waals surface area (Å²) in [7, 11) is 0. The van der Waals surface area contributed by atoms with E-state index >= 15 is 0 Å². The monoisotopic (exact) mass is 468 g/mol. The van der Waals surface area contributed by atoms with Gasteiger partial charge in [-0.3, -0.25) is 0 Å². The van der Waals surface area contributed by atoms with Crippen molar-refractivity contribution in [1.29, 1.82) is 0 Å². The minimum Gasteiger partial charge on any atom is -0.387 e. The SMILES string of the molecule is CCCCCCNC[C@@H](O)c1cc(-c2ccc(C(F)(F)F)cc2)nc(C(F)(F)F)c1.S. The van der Waals surface area contributed by atoms with Crippen molar-refractivity contribution in [2.24, 2.45) is 0 Å². The lowest BCUT2D eigenvalue weighted by Gasteiger charge is -2.16. The maximum atomic E-state index is 13.3. The molecule has 2 aromatic rings. The average Bonchev–Trinajstić information content (AvgIpc) is 2.69. The van der Waals surface area contributed by atoms with E-state index in [1.807, 2.05) is 0 Å². The number of benzene rings is 1. The fourth-order valence-corrected chi connectivity index (χ4v) is 2.90. The van der Waals surface area contributed by atoms with Gasteiger partial charge in [-0.25, -0.2) is 4.98 Å². The van der Waals surface area contributed by atoms with Crippen molar-refractivity contribution in [2.75, 3.05) is 13.1 Å². The number of alkyl halides is 6. The maximum absolute atomic E-state index is 13.3. The van der Waals surface area contributed by atoms with Gasteiger partial charge in [-0.2, -0.15) is 39.8 Å². The standard InChI is InChI=1S/C21H24F6N2O.H2S/c1-2-3-4-5-10-28-13-18(30)15-11-17(29-19(12-15)21(25,26)27)14-6-8-16(9-7-14)20(22,23)24;/h6-9,11-12,18,28,30H,2-5,10,13H2,1H3;1H2/t18-;/m1./s1. The molecule has 0 aliphatic rings. The molecular weight excluding hydrogens is 442 g/mol. The van der Waals surface area contributed by atoms with E-state index < -0.39 is 29.7 Å². The van der Waals surface area contributed by atoms with Crippen LogP contribution in [0, 0.1) is 0 Å². The van der Waals surface area contributed by atoms with Gasteiger partial charge in [0.25, 0.3) is 0 Å². The summed E-state index contributed by atoms with van der Waals surface area (Å²) in [5, 5.41) is 13.3. The smallest absolute Gasteiger partial charge is 0.387 e. The molecule has 1 atom stereocenters. The third-order valence-electron chi connectivity index (χ3n) is 4.58. The molecule has 0 radical (unpaired) electrons. The predicted octanol–water partition coefficient (Wildman–Crippen LogP) is 6.10. The van der Waals surface area contributed by atoms with Crippen LogP contribution in [0.15, 0.2) is 36.4 Å². The molecule has 0 amide bonds. The fourth-order valence-electron chi connectivity index (χ4n) is 2.90. The number of halogens is 6. The molecular formula is C21H26F6N2OS. The molecule has 0 aliphatic heterocycles. The van der Waals surface area contributed by atoms with Gasteiger partial charge in [0.05, 0.1) is 17.4 Å². The number of unbranched alkanes of at least 4 members (excludes halogenated alkanes) is 3. The highest BCUT2D eigenvalue weighted by molar-refractivity contribution is 7.59. The van der Waals surface area contributed by atoms with E-state index in [-0.39, 0.29) is 36.9 Å². The molecule has 0 fully saturated rings. The lowest BCUT2D eigenvalue weighted by Crippen LogP contribution is -2.23. The Balaban J connectivity index is 0.00000480. The molecule has 1 aromatic heterocycles. The van der Waals surface area contributed by atoms with Crippen LogP contribution >= 0.6 is 13.5 Å². The molecule has 0 unspecified atom stereocenters. The van der Waals surface area contributed by atoms with Crippen molar-refractivity contribution >= 4 is 13.5 Å². The van der Waals surface area contributed by atoms with Crippen LogP contribution < -0.4 is 5.32 Å². The Labute approximate surface area is 184 Å². The fraction of sp³-hybridized carbons (Fsp3) is 0.476. The van der Waals surface area contributed by atoms with E-state index in [0.29, 0.717) is 6.54 Å². The number of pyridine rings is 1. The van der Waals surface area contributed by atoms with Gasteiger partial charge in [0.2, 0.25) is 0 Å². The van der Waals surface area contributed by atoms with Crippen molar-refractivity contribution in [3.05, 3.63) is 53.2 Å². The highest BCUT2D eigenvalue weighted by Crippen LogP contribution is 2.34. The highest BCUT2D eigenvalue weighted by Gasteiger charge is 2.34. The molecule has 1 heterocycles. The minimum absolute atomic E-state index is 0. The number of aliphatic hydroxyl groups excluding tert-OH is 1. The molecule has 3 nitrogen and oxygen atoms in total. The topological polar surface area (TPSA) is 45.1 Å². The number of aliphatic hydroxyl groups is 1. The molecule has 174 valence electrons. The van der Waals surface area contributed by atoms with Crippen molar-refractivity contribution in [2.45, 2.75) is 51.1 Å². The summed E-state index contributed by atoms with van der Waals surface area (Å²) >= 11 is 0. The van der Waals surface area contributed by atoms with Gasteiger partial charge in [-0.1, -0.05) is 38.3 Å². The second-order valence-corrected chi connectivity index (χ2v) is 7.02. The van der Waals surface area contributed by atoms with Gasteiger partial charge in [-0.15, -0.1) is 0 Å². The van der Waals surface area contributed by atoms with Crippen LogP contribution in [0.4, 0.5) is 26.3 Å². The number of aromatic nitrogens is 1. The minimum atomic E-state index is -4.76. The molecule has 0 spiro atoms. The molecule has 0 aliphatic carbocycles. The summed E-state index contributed by atoms with van der Waals surface area (Å²) in [6.45, 7) is 2.76. The first-order valence-electron chi connectivity index (χ1n) is 9.68. The summed E-state index contributed by atoms with van der Waals surface area (Å²) in [6, 6.07) is 5.72. The van der Waals surface area contributed by atoms with E-state index in [2.05, 4.69) is 17.2 Å². The average molecular weight is 469 g/mol. The molecule has 1 aromatic carbocycles. The third-order valence-corrected chi connectivity index (χ3v) is 4.58. The van der Waals surface area contributed by atoms with Crippen LogP contribution in [0.1, 0.15) is 55.5 Å². The van der Waals surface area contributed by atoms with E-state index in [9.17, 15) is 31.4 Å². The summed E-state index contributed by atoms with van der Waals surface area (Å²) in [6.07, 6.45) is -6.46. The second-order valence-electron chi connectivity index (χ2n) is 7.02. The highest BCUT2D eigenvalue weighted by atomic mass is 32.1. The van der Waals surface area contributed by atoms with E-state index in [1.54, 1.807) is 0 Å². The van der Waals surface area contributed by atoms with Crippen molar-refractivity contribution in [3.8, 4) is 11.3 Å². The Morgan fingerprint density at radius 1 is 0.935 bits per heavy atom. The van der Waals surface area contributed by atoms with Crippen LogP contribution in [0.3, 0.4) is 0 Å².